The fraction of sp³-hybridized carbons (Fsp3) is 1.00. The third kappa shape index (κ3) is 1.30. The van der Waals surface area contributed by atoms with Crippen molar-refractivity contribution in [2.75, 3.05) is 32.8 Å². The van der Waals surface area contributed by atoms with Crippen molar-refractivity contribution in [2.45, 2.75) is 25.4 Å². The molecule has 3 nitrogen and oxygen atoms in total. The molecule has 3 rings (SSSR count). The van der Waals surface area contributed by atoms with Crippen molar-refractivity contribution in [3.63, 3.8) is 0 Å². The van der Waals surface area contributed by atoms with Crippen LogP contribution in [0.25, 0.3) is 0 Å². The Morgan fingerprint density at radius 2 is 2.14 bits per heavy atom. The molecule has 0 spiro atoms. The van der Waals surface area contributed by atoms with E-state index in [0.29, 0.717) is 6.04 Å². The summed E-state index contributed by atoms with van der Waals surface area (Å²) in [6.07, 6.45) is 1.39. The van der Waals surface area contributed by atoms with Crippen LogP contribution in [0.1, 0.15) is 13.3 Å². The van der Waals surface area contributed by atoms with Gasteiger partial charge in [-0.2, -0.15) is 0 Å². The molecular weight excluding hydrogens is 176 g/mol. The molecule has 2 unspecified atom stereocenters. The second kappa shape index (κ2) is 3.47. The molecule has 3 aliphatic heterocycles. The van der Waals surface area contributed by atoms with Gasteiger partial charge in [0.15, 0.2) is 0 Å². The van der Waals surface area contributed by atoms with Crippen LogP contribution in [0.5, 0.6) is 0 Å². The predicted molar refractivity (Wildman–Crippen MR) is 55.2 cm³/mol. The van der Waals surface area contributed by atoms with Crippen LogP contribution in [0, 0.1) is 11.8 Å². The third-order valence-corrected chi connectivity index (χ3v) is 4.24. The Kier molecular flexibility index (Phi) is 2.26. The fourth-order valence-electron chi connectivity index (χ4n) is 3.37. The summed E-state index contributed by atoms with van der Waals surface area (Å²) in [5.41, 5.74) is 0. The molecule has 3 heteroatoms. The first kappa shape index (κ1) is 9.13. The Morgan fingerprint density at radius 1 is 1.21 bits per heavy atom. The van der Waals surface area contributed by atoms with Crippen LogP contribution >= 0.6 is 0 Å². The smallest absolute Gasteiger partial charge is 0.0625 e. The fourth-order valence-corrected chi connectivity index (χ4v) is 3.37. The standard InChI is InChI=1S/C11H20N2O/c1-8-6-14-7-11(8)13-3-2-9-4-12-5-10(9)13/h8-12H,2-7H2,1H3/t8?,9-,10+,11?/m1/s1. The lowest BCUT2D eigenvalue weighted by Crippen LogP contribution is -2.45. The van der Waals surface area contributed by atoms with Crippen LogP contribution in [-0.4, -0.2) is 49.8 Å². The van der Waals surface area contributed by atoms with E-state index in [1.807, 2.05) is 0 Å². The molecule has 0 aromatic rings. The lowest BCUT2D eigenvalue weighted by atomic mass is 10.0. The number of ether oxygens (including phenoxy) is 1. The van der Waals surface area contributed by atoms with Gasteiger partial charge in [-0.15, -0.1) is 0 Å². The van der Waals surface area contributed by atoms with Crippen molar-refractivity contribution < 1.29 is 4.74 Å². The summed E-state index contributed by atoms with van der Waals surface area (Å²) in [6, 6.07) is 1.51. The van der Waals surface area contributed by atoms with E-state index in [1.165, 1.54) is 26.1 Å². The van der Waals surface area contributed by atoms with E-state index in [4.69, 9.17) is 4.74 Å². The minimum Gasteiger partial charge on any atom is -0.379 e. The van der Waals surface area contributed by atoms with Gasteiger partial charge in [-0.25, -0.2) is 0 Å². The number of hydrogen-bond acceptors (Lipinski definition) is 3. The minimum atomic E-state index is 0.699. The van der Waals surface area contributed by atoms with Crippen molar-refractivity contribution >= 4 is 0 Å². The molecule has 3 heterocycles. The molecule has 0 aliphatic carbocycles. The van der Waals surface area contributed by atoms with Crippen molar-refractivity contribution in [1.82, 2.24) is 10.2 Å². The molecule has 3 aliphatic rings. The van der Waals surface area contributed by atoms with E-state index in [0.717, 1.165) is 31.1 Å². The number of rotatable bonds is 1. The van der Waals surface area contributed by atoms with E-state index in [-0.39, 0.29) is 0 Å². The first-order chi connectivity index (χ1) is 6.86. The SMILES string of the molecule is CC1COCC1N1CC[C@@H]2CNC[C@@H]21. The summed E-state index contributed by atoms with van der Waals surface area (Å²) in [5, 5.41) is 3.51. The highest BCUT2D eigenvalue weighted by Crippen LogP contribution is 2.32. The molecule has 0 saturated carbocycles. The molecule has 0 amide bonds. The summed E-state index contributed by atoms with van der Waals surface area (Å²) in [4.78, 5) is 2.71. The van der Waals surface area contributed by atoms with Gasteiger partial charge in [-0.05, 0) is 31.3 Å². The molecule has 0 bridgehead atoms. The summed E-state index contributed by atoms with van der Waals surface area (Å²) < 4.78 is 5.57. The van der Waals surface area contributed by atoms with E-state index < -0.39 is 0 Å². The third-order valence-electron chi connectivity index (χ3n) is 4.24. The summed E-state index contributed by atoms with van der Waals surface area (Å²) in [7, 11) is 0. The van der Waals surface area contributed by atoms with Crippen LogP contribution in [0.3, 0.4) is 0 Å². The minimum absolute atomic E-state index is 0.699. The van der Waals surface area contributed by atoms with E-state index in [9.17, 15) is 0 Å². The first-order valence-corrected chi connectivity index (χ1v) is 5.90. The van der Waals surface area contributed by atoms with Gasteiger partial charge in [0.1, 0.15) is 0 Å². The van der Waals surface area contributed by atoms with Crippen molar-refractivity contribution in [2.24, 2.45) is 11.8 Å². The molecule has 1 N–H and O–H groups in total. The molecule has 3 saturated heterocycles. The first-order valence-electron chi connectivity index (χ1n) is 5.90. The van der Waals surface area contributed by atoms with Crippen LogP contribution < -0.4 is 5.32 Å². The van der Waals surface area contributed by atoms with Crippen LogP contribution in [0.4, 0.5) is 0 Å². The Balaban J connectivity index is 1.72. The summed E-state index contributed by atoms with van der Waals surface area (Å²) in [5.74, 6) is 1.65. The zero-order chi connectivity index (χ0) is 9.54. The quantitative estimate of drug-likeness (QED) is 0.653. The molecule has 0 aromatic carbocycles. The lowest BCUT2D eigenvalue weighted by molar-refractivity contribution is 0.131. The zero-order valence-corrected chi connectivity index (χ0v) is 8.91. The second-order valence-corrected chi connectivity index (χ2v) is 5.09. The monoisotopic (exact) mass is 196 g/mol. The van der Waals surface area contributed by atoms with Gasteiger partial charge in [0.25, 0.3) is 0 Å². The van der Waals surface area contributed by atoms with Crippen LogP contribution in [-0.2, 0) is 4.74 Å². The number of likely N-dealkylation sites (tertiary alicyclic amines) is 1. The van der Waals surface area contributed by atoms with Gasteiger partial charge in [-0.3, -0.25) is 4.90 Å². The van der Waals surface area contributed by atoms with Gasteiger partial charge in [0, 0.05) is 18.6 Å². The maximum Gasteiger partial charge on any atom is 0.0625 e. The largest absolute Gasteiger partial charge is 0.379 e. The molecule has 80 valence electrons. The Bertz CT molecular complexity index is 221. The molecule has 4 atom stereocenters. The molecule has 14 heavy (non-hydrogen) atoms. The predicted octanol–water partition coefficient (Wildman–Crippen LogP) is 0.315. The number of nitrogens with zero attached hydrogens (tertiary/aromatic N) is 1. The molecular formula is C11H20N2O. The van der Waals surface area contributed by atoms with Crippen molar-refractivity contribution in [1.29, 1.82) is 0 Å². The highest BCUT2D eigenvalue weighted by atomic mass is 16.5. The normalized spacial score (nSPS) is 48.6. The molecule has 0 aromatic heterocycles. The Morgan fingerprint density at radius 3 is 2.93 bits per heavy atom. The highest BCUT2D eigenvalue weighted by molar-refractivity contribution is 4.98. The van der Waals surface area contributed by atoms with Crippen LogP contribution in [0.2, 0.25) is 0 Å². The Hall–Kier alpha value is -0.120. The van der Waals surface area contributed by atoms with Gasteiger partial charge in [-0.1, -0.05) is 6.92 Å². The Labute approximate surface area is 85.8 Å². The average molecular weight is 196 g/mol. The maximum atomic E-state index is 5.57. The van der Waals surface area contributed by atoms with E-state index in [1.54, 1.807) is 0 Å². The van der Waals surface area contributed by atoms with Crippen molar-refractivity contribution in [3.05, 3.63) is 0 Å². The highest BCUT2D eigenvalue weighted by Gasteiger charge is 2.43. The lowest BCUT2D eigenvalue weighted by Gasteiger charge is -2.31. The maximum absolute atomic E-state index is 5.57. The molecule has 3 fully saturated rings. The molecule has 0 radical (unpaired) electrons. The number of fused-ring (bicyclic) bond motifs is 1. The van der Waals surface area contributed by atoms with Crippen molar-refractivity contribution in [3.8, 4) is 0 Å². The zero-order valence-electron chi connectivity index (χ0n) is 8.91. The van der Waals surface area contributed by atoms with Gasteiger partial charge in [0.05, 0.1) is 13.2 Å². The summed E-state index contributed by atoms with van der Waals surface area (Å²) >= 11 is 0. The number of nitrogens with one attached hydrogen (secondary N) is 1. The number of hydrogen-bond donors (Lipinski definition) is 1. The average Bonchev–Trinajstić information content (AvgIpc) is 2.78. The van der Waals surface area contributed by atoms with Gasteiger partial charge >= 0.3 is 0 Å². The van der Waals surface area contributed by atoms with Crippen LogP contribution in [0.15, 0.2) is 0 Å². The second-order valence-electron chi connectivity index (χ2n) is 5.09. The van der Waals surface area contributed by atoms with Gasteiger partial charge in [0.2, 0.25) is 0 Å². The van der Waals surface area contributed by atoms with E-state index >= 15 is 0 Å². The topological polar surface area (TPSA) is 24.5 Å². The van der Waals surface area contributed by atoms with E-state index in [2.05, 4.69) is 17.1 Å². The van der Waals surface area contributed by atoms with Gasteiger partial charge < -0.3 is 10.1 Å². The summed E-state index contributed by atoms with van der Waals surface area (Å²) in [6.45, 7) is 8.00.